The molecule has 0 bridgehead atoms. The fourth-order valence-electron chi connectivity index (χ4n) is 2.82. The van der Waals surface area contributed by atoms with Gasteiger partial charge in [0, 0.05) is 19.2 Å². The van der Waals surface area contributed by atoms with Crippen LogP contribution >= 0.6 is 0 Å². The predicted molar refractivity (Wildman–Crippen MR) is 102 cm³/mol. The number of amides is 3. The molecule has 31 heavy (non-hydrogen) atoms. The van der Waals surface area contributed by atoms with Crippen molar-refractivity contribution < 1.29 is 43.7 Å². The van der Waals surface area contributed by atoms with Crippen LogP contribution in [0.4, 0.5) is 9.18 Å². The molecule has 0 aliphatic heterocycles. The number of carboxylic acids is 3. The summed E-state index contributed by atoms with van der Waals surface area (Å²) in [5.74, 6) is -5.64. The van der Waals surface area contributed by atoms with Crippen molar-refractivity contribution in [2.24, 2.45) is 5.73 Å². The number of halogens is 1. The van der Waals surface area contributed by atoms with Gasteiger partial charge in [0.05, 0.1) is 5.56 Å². The normalized spacial score (nSPS) is 12.4. The second kappa shape index (κ2) is 12.0. The molecule has 0 radical (unpaired) electrons. The maximum absolute atomic E-state index is 12.8. The summed E-state index contributed by atoms with van der Waals surface area (Å²) in [5.41, 5.74) is 5.32. The Morgan fingerprint density at radius 2 is 1.65 bits per heavy atom. The molecule has 170 valence electrons. The van der Waals surface area contributed by atoms with Gasteiger partial charge in [0.15, 0.2) is 0 Å². The Hall–Kier alpha value is -3.77. The van der Waals surface area contributed by atoms with Gasteiger partial charge in [0.2, 0.25) is 5.95 Å². The first-order chi connectivity index (χ1) is 14.5. The molecule has 2 unspecified atom stereocenters. The summed E-state index contributed by atoms with van der Waals surface area (Å²) in [5, 5.41) is 30.1. The van der Waals surface area contributed by atoms with Crippen molar-refractivity contribution in [1.29, 1.82) is 0 Å². The molecule has 1 aromatic heterocycles. The van der Waals surface area contributed by atoms with E-state index < -0.39 is 60.7 Å². The van der Waals surface area contributed by atoms with E-state index in [1.807, 2.05) is 0 Å². The third-order valence-corrected chi connectivity index (χ3v) is 4.31. The zero-order valence-electron chi connectivity index (χ0n) is 16.4. The number of carbonyl (C=O) groups is 5. The molecule has 0 spiro atoms. The molecule has 2 atom stereocenters. The summed E-state index contributed by atoms with van der Waals surface area (Å²) < 4.78 is 12.8. The van der Waals surface area contributed by atoms with Gasteiger partial charge >= 0.3 is 23.9 Å². The fourth-order valence-corrected chi connectivity index (χ4v) is 2.82. The number of carboxylic acid groups (broad SMARTS) is 3. The van der Waals surface area contributed by atoms with Crippen molar-refractivity contribution >= 4 is 29.8 Å². The van der Waals surface area contributed by atoms with E-state index in [0.29, 0.717) is 4.90 Å². The zero-order chi connectivity index (χ0) is 23.6. The number of nitrogens with one attached hydrogen (secondary N) is 1. The molecule has 3 amide bonds. The topological polar surface area (TPSA) is 200 Å². The maximum atomic E-state index is 12.8. The number of urea groups is 1. The van der Waals surface area contributed by atoms with Crippen LogP contribution in [0.25, 0.3) is 0 Å². The van der Waals surface area contributed by atoms with Crippen LogP contribution in [0.2, 0.25) is 0 Å². The van der Waals surface area contributed by atoms with Gasteiger partial charge < -0.3 is 26.4 Å². The third-order valence-electron chi connectivity index (χ3n) is 4.31. The van der Waals surface area contributed by atoms with Gasteiger partial charge in [-0.3, -0.25) is 14.5 Å². The van der Waals surface area contributed by atoms with Crippen LogP contribution in [0, 0.1) is 5.95 Å². The second-order valence-corrected chi connectivity index (χ2v) is 6.51. The Labute approximate surface area is 175 Å². The van der Waals surface area contributed by atoms with Crippen LogP contribution < -0.4 is 11.1 Å². The number of hydrogen-bond donors (Lipinski definition) is 5. The van der Waals surface area contributed by atoms with Crippen LogP contribution in [0.1, 0.15) is 42.5 Å². The van der Waals surface area contributed by atoms with Gasteiger partial charge in [0.25, 0.3) is 5.91 Å². The average Bonchev–Trinajstić information content (AvgIpc) is 2.68. The summed E-state index contributed by atoms with van der Waals surface area (Å²) in [6, 6.07) is -2.35. The molecule has 0 aromatic carbocycles. The predicted octanol–water partition coefficient (Wildman–Crippen LogP) is 0.273. The number of aliphatic carboxylic acids is 3. The lowest BCUT2D eigenvalue weighted by atomic mass is 10.0. The summed E-state index contributed by atoms with van der Waals surface area (Å²) >= 11 is 0. The smallest absolute Gasteiger partial charge is 0.326 e. The van der Waals surface area contributed by atoms with Gasteiger partial charge in [-0.25, -0.2) is 19.4 Å². The molecule has 0 saturated heterocycles. The summed E-state index contributed by atoms with van der Waals surface area (Å²) in [7, 11) is 0. The van der Waals surface area contributed by atoms with Gasteiger partial charge in [-0.05, 0) is 37.8 Å². The highest BCUT2D eigenvalue weighted by Crippen LogP contribution is 2.17. The van der Waals surface area contributed by atoms with Crippen molar-refractivity contribution in [2.75, 3.05) is 6.54 Å². The van der Waals surface area contributed by atoms with Crippen molar-refractivity contribution in [2.45, 2.75) is 44.2 Å². The molecular formula is C18H23FN4O8. The Kier molecular flexibility index (Phi) is 9.82. The minimum Gasteiger partial charge on any atom is -0.481 e. The molecule has 0 aliphatic rings. The highest BCUT2D eigenvalue weighted by Gasteiger charge is 2.37. The minimum atomic E-state index is -1.72. The van der Waals surface area contributed by atoms with Gasteiger partial charge in [-0.1, -0.05) is 0 Å². The van der Waals surface area contributed by atoms with E-state index in [0.717, 1.165) is 12.3 Å². The van der Waals surface area contributed by atoms with Gasteiger partial charge in [0.1, 0.15) is 12.1 Å². The molecule has 0 aliphatic carbocycles. The van der Waals surface area contributed by atoms with Crippen molar-refractivity contribution in [3.8, 4) is 0 Å². The summed E-state index contributed by atoms with van der Waals surface area (Å²) in [6.45, 7) is 0.125. The molecule has 0 fully saturated rings. The van der Waals surface area contributed by atoms with Crippen LogP contribution in [-0.4, -0.2) is 73.7 Å². The zero-order valence-corrected chi connectivity index (χ0v) is 16.4. The van der Waals surface area contributed by atoms with E-state index in [-0.39, 0.29) is 31.4 Å². The van der Waals surface area contributed by atoms with E-state index in [1.165, 1.54) is 6.07 Å². The van der Waals surface area contributed by atoms with Crippen LogP contribution in [0.3, 0.4) is 0 Å². The first kappa shape index (κ1) is 25.3. The largest absolute Gasteiger partial charge is 0.481 e. The fraction of sp³-hybridized carbons (Fsp3) is 0.444. The molecule has 1 rings (SSSR count). The second-order valence-electron chi connectivity index (χ2n) is 6.51. The lowest BCUT2D eigenvalue weighted by molar-refractivity contribution is -0.149. The van der Waals surface area contributed by atoms with Crippen molar-refractivity contribution in [3.63, 3.8) is 0 Å². The first-order valence-corrected chi connectivity index (χ1v) is 9.19. The molecule has 6 N–H and O–H groups in total. The minimum absolute atomic E-state index is 0.125. The lowest BCUT2D eigenvalue weighted by Gasteiger charge is -2.32. The summed E-state index contributed by atoms with van der Waals surface area (Å²) in [4.78, 5) is 61.3. The maximum Gasteiger partial charge on any atom is 0.326 e. The lowest BCUT2D eigenvalue weighted by Crippen LogP contribution is -2.55. The standard InChI is InChI=1S/C18H23FN4O8/c19-13-6-4-10(9-22-13)15(26)21-8-2-1-3-11(16(27)28)23(18(20)31)12(17(29)30)5-7-14(24)25/h4,6,9,11-12H,1-3,5,7-8H2,(H2,20,31)(H,21,26)(H,24,25)(H,27,28)(H,29,30). The Balaban J connectivity index is 2.69. The molecule has 12 nitrogen and oxygen atoms in total. The molecule has 0 saturated carbocycles. The molecule has 13 heteroatoms. The number of pyridine rings is 1. The highest BCUT2D eigenvalue weighted by molar-refractivity contribution is 5.93. The average molecular weight is 442 g/mol. The van der Waals surface area contributed by atoms with Gasteiger partial charge in [-0.2, -0.15) is 4.39 Å². The van der Waals surface area contributed by atoms with Crippen LogP contribution in [-0.2, 0) is 14.4 Å². The van der Waals surface area contributed by atoms with Crippen molar-refractivity contribution in [1.82, 2.24) is 15.2 Å². The molecule has 1 heterocycles. The molecular weight excluding hydrogens is 419 g/mol. The number of nitrogens with two attached hydrogens (primary N) is 1. The number of unbranched alkanes of at least 4 members (excludes halogenated alkanes) is 1. The number of rotatable bonds is 13. The Morgan fingerprint density at radius 1 is 1.03 bits per heavy atom. The number of aromatic nitrogens is 1. The van der Waals surface area contributed by atoms with E-state index >= 15 is 0 Å². The van der Waals surface area contributed by atoms with E-state index in [4.69, 9.17) is 10.8 Å². The van der Waals surface area contributed by atoms with Crippen LogP contribution in [0.5, 0.6) is 0 Å². The number of carbonyl (C=O) groups excluding carboxylic acids is 2. The summed E-state index contributed by atoms with van der Waals surface area (Å²) in [6.07, 6.45) is 0.218. The van der Waals surface area contributed by atoms with Crippen molar-refractivity contribution in [3.05, 3.63) is 29.8 Å². The van der Waals surface area contributed by atoms with Gasteiger partial charge in [-0.15, -0.1) is 0 Å². The third kappa shape index (κ3) is 8.24. The highest BCUT2D eigenvalue weighted by atomic mass is 19.1. The Morgan fingerprint density at radius 3 is 2.13 bits per heavy atom. The number of primary amides is 1. The molecule has 1 aromatic rings. The number of hydrogen-bond acceptors (Lipinski definition) is 6. The van der Waals surface area contributed by atoms with Crippen LogP contribution in [0.15, 0.2) is 18.3 Å². The quantitative estimate of drug-likeness (QED) is 0.210. The van der Waals surface area contributed by atoms with E-state index in [2.05, 4.69) is 10.3 Å². The monoisotopic (exact) mass is 442 g/mol. The van der Waals surface area contributed by atoms with E-state index in [1.54, 1.807) is 0 Å². The Bertz CT molecular complexity index is 817. The number of nitrogens with zero attached hydrogens (tertiary/aromatic N) is 2. The van der Waals surface area contributed by atoms with E-state index in [9.17, 15) is 38.6 Å². The first-order valence-electron chi connectivity index (χ1n) is 9.19. The SMILES string of the molecule is NC(=O)N(C(CCCCNC(=O)c1ccc(F)nc1)C(=O)O)C(CCC(=O)O)C(=O)O.